The Kier molecular flexibility index (Phi) is 4.29. The molecule has 0 heterocycles. The van der Waals surface area contributed by atoms with Crippen molar-refractivity contribution in [2.75, 3.05) is 20.7 Å². The molecule has 1 aromatic carbocycles. The summed E-state index contributed by atoms with van der Waals surface area (Å²) in [5, 5.41) is 3.16. The Bertz CT molecular complexity index is 391. The van der Waals surface area contributed by atoms with E-state index in [1.54, 1.807) is 7.11 Å². The first-order valence-electron chi connectivity index (χ1n) is 5.92. The number of nitrogens with one attached hydrogen (secondary N) is 1. The fraction of sp³-hybridized carbons (Fsp3) is 0.538. The fourth-order valence-electron chi connectivity index (χ4n) is 1.71. The van der Waals surface area contributed by atoms with Crippen LogP contribution in [0.5, 0.6) is 11.5 Å². The third kappa shape index (κ3) is 3.36. The lowest BCUT2D eigenvalue weighted by Crippen LogP contribution is -2.12. The predicted molar refractivity (Wildman–Crippen MR) is 72.0 cm³/mol. The van der Waals surface area contributed by atoms with Crippen molar-refractivity contribution in [3.63, 3.8) is 0 Å². The van der Waals surface area contributed by atoms with E-state index in [4.69, 9.17) is 9.47 Å². The standard InChI is InChI=1S/C13H18BrNO2/c1-15-6-5-9-7-10(14)8-12(16-2)13(9)17-11-3-4-11/h7-8,11,15H,3-6H2,1-2H3. The van der Waals surface area contributed by atoms with E-state index in [9.17, 15) is 0 Å². The largest absolute Gasteiger partial charge is 0.493 e. The van der Waals surface area contributed by atoms with Crippen LogP contribution in [0.2, 0.25) is 0 Å². The van der Waals surface area contributed by atoms with Crippen LogP contribution in [-0.2, 0) is 6.42 Å². The van der Waals surface area contributed by atoms with Crippen molar-refractivity contribution in [1.29, 1.82) is 0 Å². The van der Waals surface area contributed by atoms with Gasteiger partial charge in [0.15, 0.2) is 11.5 Å². The van der Waals surface area contributed by atoms with E-state index in [2.05, 4.69) is 27.3 Å². The minimum atomic E-state index is 0.387. The summed E-state index contributed by atoms with van der Waals surface area (Å²) < 4.78 is 12.4. The first-order valence-corrected chi connectivity index (χ1v) is 6.71. The zero-order valence-corrected chi connectivity index (χ0v) is 11.8. The van der Waals surface area contributed by atoms with Crippen molar-refractivity contribution in [1.82, 2.24) is 5.32 Å². The Morgan fingerprint density at radius 2 is 2.18 bits per heavy atom. The Balaban J connectivity index is 2.26. The maximum absolute atomic E-state index is 5.96. The monoisotopic (exact) mass is 299 g/mol. The molecule has 17 heavy (non-hydrogen) atoms. The molecule has 2 rings (SSSR count). The molecule has 1 saturated carbocycles. The molecule has 0 spiro atoms. The molecule has 1 N–H and O–H groups in total. The van der Waals surface area contributed by atoms with Gasteiger partial charge in [-0.2, -0.15) is 0 Å². The minimum absolute atomic E-state index is 0.387. The smallest absolute Gasteiger partial charge is 0.164 e. The molecule has 0 saturated heterocycles. The molecule has 0 unspecified atom stereocenters. The van der Waals surface area contributed by atoms with Gasteiger partial charge in [-0.1, -0.05) is 15.9 Å². The molecule has 1 aliphatic rings. The molecule has 3 nitrogen and oxygen atoms in total. The van der Waals surface area contributed by atoms with E-state index < -0.39 is 0 Å². The van der Waals surface area contributed by atoms with E-state index in [0.717, 1.165) is 41.8 Å². The van der Waals surface area contributed by atoms with Gasteiger partial charge in [-0.15, -0.1) is 0 Å². The molecule has 4 heteroatoms. The Morgan fingerprint density at radius 1 is 1.41 bits per heavy atom. The van der Waals surface area contributed by atoms with Crippen LogP contribution in [0, 0.1) is 0 Å². The maximum atomic E-state index is 5.96. The predicted octanol–water partition coefficient (Wildman–Crippen LogP) is 2.76. The zero-order chi connectivity index (χ0) is 12.3. The molecule has 0 aromatic heterocycles. The van der Waals surface area contributed by atoms with Crippen molar-refractivity contribution in [2.24, 2.45) is 0 Å². The van der Waals surface area contributed by atoms with Gasteiger partial charge >= 0.3 is 0 Å². The molecule has 94 valence electrons. The van der Waals surface area contributed by atoms with Gasteiger partial charge in [-0.3, -0.25) is 0 Å². The normalized spacial score (nSPS) is 14.8. The van der Waals surface area contributed by atoms with Crippen molar-refractivity contribution in [2.45, 2.75) is 25.4 Å². The van der Waals surface area contributed by atoms with Crippen LogP contribution < -0.4 is 14.8 Å². The van der Waals surface area contributed by atoms with Gasteiger partial charge in [0.25, 0.3) is 0 Å². The highest BCUT2D eigenvalue weighted by Crippen LogP contribution is 2.38. The molecule has 0 aliphatic heterocycles. The topological polar surface area (TPSA) is 30.5 Å². The second-order valence-electron chi connectivity index (χ2n) is 4.27. The summed E-state index contributed by atoms with van der Waals surface area (Å²) in [5.41, 5.74) is 1.19. The summed E-state index contributed by atoms with van der Waals surface area (Å²) in [5.74, 6) is 1.73. The molecular weight excluding hydrogens is 282 g/mol. The average Bonchev–Trinajstić information content (AvgIpc) is 3.12. The highest BCUT2D eigenvalue weighted by atomic mass is 79.9. The van der Waals surface area contributed by atoms with Gasteiger partial charge in [-0.05, 0) is 45.0 Å². The number of hydrogen-bond donors (Lipinski definition) is 1. The van der Waals surface area contributed by atoms with E-state index in [0.29, 0.717) is 6.10 Å². The summed E-state index contributed by atoms with van der Waals surface area (Å²) in [6.07, 6.45) is 3.64. The number of ether oxygens (including phenoxy) is 2. The summed E-state index contributed by atoms with van der Waals surface area (Å²) in [4.78, 5) is 0. The first-order chi connectivity index (χ1) is 8.24. The van der Waals surface area contributed by atoms with E-state index in [1.165, 1.54) is 5.56 Å². The highest BCUT2D eigenvalue weighted by molar-refractivity contribution is 9.10. The molecule has 1 aromatic rings. The van der Waals surface area contributed by atoms with Gasteiger partial charge in [0, 0.05) is 10.0 Å². The number of benzene rings is 1. The van der Waals surface area contributed by atoms with Gasteiger partial charge in [-0.25, -0.2) is 0 Å². The molecule has 0 bridgehead atoms. The van der Waals surface area contributed by atoms with Crippen LogP contribution in [0.1, 0.15) is 18.4 Å². The SMILES string of the molecule is CNCCc1cc(Br)cc(OC)c1OC1CC1. The second kappa shape index (κ2) is 5.74. The minimum Gasteiger partial charge on any atom is -0.493 e. The Hall–Kier alpha value is -0.740. The second-order valence-corrected chi connectivity index (χ2v) is 5.18. The van der Waals surface area contributed by atoms with Crippen LogP contribution in [0.25, 0.3) is 0 Å². The summed E-state index contributed by atoms with van der Waals surface area (Å²) in [6.45, 7) is 0.931. The van der Waals surface area contributed by atoms with Crippen molar-refractivity contribution in [3.05, 3.63) is 22.2 Å². The third-order valence-electron chi connectivity index (χ3n) is 2.77. The van der Waals surface area contributed by atoms with Gasteiger partial charge < -0.3 is 14.8 Å². The number of likely N-dealkylation sites (N-methyl/N-ethyl adjacent to an activating group) is 1. The lowest BCUT2D eigenvalue weighted by molar-refractivity contribution is 0.279. The lowest BCUT2D eigenvalue weighted by Gasteiger charge is -2.15. The van der Waals surface area contributed by atoms with Crippen LogP contribution in [0.3, 0.4) is 0 Å². The average molecular weight is 300 g/mol. The molecule has 0 radical (unpaired) electrons. The van der Waals surface area contributed by atoms with Crippen molar-refractivity contribution in [3.8, 4) is 11.5 Å². The zero-order valence-electron chi connectivity index (χ0n) is 10.3. The maximum Gasteiger partial charge on any atom is 0.164 e. The summed E-state index contributed by atoms with van der Waals surface area (Å²) in [7, 11) is 3.64. The first kappa shape index (κ1) is 12.7. The quantitative estimate of drug-likeness (QED) is 0.876. The Labute approximate surface area is 111 Å². The van der Waals surface area contributed by atoms with Crippen LogP contribution in [-0.4, -0.2) is 26.8 Å². The molecule has 0 amide bonds. The van der Waals surface area contributed by atoms with E-state index in [1.807, 2.05) is 13.1 Å². The van der Waals surface area contributed by atoms with Crippen LogP contribution >= 0.6 is 15.9 Å². The third-order valence-corrected chi connectivity index (χ3v) is 3.23. The van der Waals surface area contributed by atoms with Crippen LogP contribution in [0.15, 0.2) is 16.6 Å². The number of halogens is 1. The summed E-state index contributed by atoms with van der Waals surface area (Å²) in [6, 6.07) is 4.07. The van der Waals surface area contributed by atoms with Crippen molar-refractivity contribution < 1.29 is 9.47 Å². The lowest BCUT2D eigenvalue weighted by atomic mass is 10.1. The van der Waals surface area contributed by atoms with Gasteiger partial charge in [0.1, 0.15) is 0 Å². The fourth-order valence-corrected chi connectivity index (χ4v) is 2.19. The molecule has 1 fully saturated rings. The van der Waals surface area contributed by atoms with E-state index in [-0.39, 0.29) is 0 Å². The van der Waals surface area contributed by atoms with Gasteiger partial charge in [0.05, 0.1) is 13.2 Å². The van der Waals surface area contributed by atoms with Gasteiger partial charge in [0.2, 0.25) is 0 Å². The molecule has 0 atom stereocenters. The number of rotatable bonds is 6. The highest BCUT2D eigenvalue weighted by Gasteiger charge is 2.26. The van der Waals surface area contributed by atoms with Crippen LogP contribution in [0.4, 0.5) is 0 Å². The molecule has 1 aliphatic carbocycles. The van der Waals surface area contributed by atoms with Crippen molar-refractivity contribution >= 4 is 15.9 Å². The number of methoxy groups -OCH3 is 1. The Morgan fingerprint density at radius 3 is 2.76 bits per heavy atom. The number of hydrogen-bond acceptors (Lipinski definition) is 3. The molecular formula is C13H18BrNO2. The summed E-state index contributed by atoms with van der Waals surface area (Å²) >= 11 is 3.51. The van der Waals surface area contributed by atoms with E-state index >= 15 is 0 Å².